The smallest absolute Gasteiger partial charge is 0.0662 e. The Morgan fingerprint density at radius 2 is 1.42 bits per heavy atom. The summed E-state index contributed by atoms with van der Waals surface area (Å²) in [6.45, 7) is 1.86. The zero-order valence-corrected chi connectivity index (χ0v) is 7.61. The second-order valence-electron chi connectivity index (χ2n) is 2.40. The standard InChI is InChI=1S/C6H14O2.C2H6O2/c1-2-3-6(8)4-5-7;3-1-2-4/h6-8H,2-5H2,1H3;3-4H,1-2H2. The lowest BCUT2D eigenvalue weighted by molar-refractivity contribution is 0.124. The molecule has 0 rings (SSSR count). The van der Waals surface area contributed by atoms with E-state index in [4.69, 9.17) is 20.4 Å². The van der Waals surface area contributed by atoms with Crippen LogP contribution in [0.2, 0.25) is 0 Å². The lowest BCUT2D eigenvalue weighted by atomic mass is 10.2. The van der Waals surface area contributed by atoms with Crippen molar-refractivity contribution in [2.45, 2.75) is 32.3 Å². The average Bonchev–Trinajstić information content (AvgIpc) is 2.06. The van der Waals surface area contributed by atoms with Crippen LogP contribution in [0.15, 0.2) is 0 Å². The van der Waals surface area contributed by atoms with E-state index in [1.165, 1.54) is 0 Å². The first-order valence-corrected chi connectivity index (χ1v) is 4.23. The molecule has 4 N–H and O–H groups in total. The highest BCUT2D eigenvalue weighted by Crippen LogP contribution is 1.98. The topological polar surface area (TPSA) is 80.9 Å². The molecule has 4 heteroatoms. The third-order valence-electron chi connectivity index (χ3n) is 1.18. The maximum atomic E-state index is 8.89. The van der Waals surface area contributed by atoms with Gasteiger partial charge in [0.25, 0.3) is 0 Å². The van der Waals surface area contributed by atoms with Crippen molar-refractivity contribution in [1.29, 1.82) is 0 Å². The fourth-order valence-electron chi connectivity index (χ4n) is 0.627. The summed E-state index contributed by atoms with van der Waals surface area (Å²) in [6.07, 6.45) is 2.03. The summed E-state index contributed by atoms with van der Waals surface area (Å²) in [5.41, 5.74) is 0. The van der Waals surface area contributed by atoms with E-state index in [0.717, 1.165) is 12.8 Å². The molecule has 0 radical (unpaired) electrons. The minimum Gasteiger partial charge on any atom is -0.396 e. The summed E-state index contributed by atoms with van der Waals surface area (Å²) >= 11 is 0. The molecule has 1 atom stereocenters. The van der Waals surface area contributed by atoms with Gasteiger partial charge in [-0.05, 0) is 12.8 Å². The summed E-state index contributed by atoms with van der Waals surface area (Å²) in [6, 6.07) is 0. The van der Waals surface area contributed by atoms with Gasteiger partial charge in [-0.15, -0.1) is 0 Å². The van der Waals surface area contributed by atoms with Crippen LogP contribution < -0.4 is 0 Å². The highest BCUT2D eigenvalue weighted by molar-refractivity contribution is 4.51. The molecular formula is C8H20O4. The third kappa shape index (κ3) is 16.4. The monoisotopic (exact) mass is 180 g/mol. The number of hydrogen-bond donors (Lipinski definition) is 4. The van der Waals surface area contributed by atoms with Gasteiger partial charge >= 0.3 is 0 Å². The summed E-state index contributed by atoms with van der Waals surface area (Å²) in [5, 5.41) is 32.4. The van der Waals surface area contributed by atoms with Crippen LogP contribution in [0.5, 0.6) is 0 Å². The van der Waals surface area contributed by atoms with Gasteiger partial charge in [-0.2, -0.15) is 0 Å². The lowest BCUT2D eigenvalue weighted by Gasteiger charge is -2.04. The highest BCUT2D eigenvalue weighted by atomic mass is 16.3. The first kappa shape index (κ1) is 14.4. The minimum atomic E-state index is -0.287. The molecule has 76 valence electrons. The van der Waals surface area contributed by atoms with Gasteiger partial charge in [-0.25, -0.2) is 0 Å². The van der Waals surface area contributed by atoms with Crippen LogP contribution in [-0.4, -0.2) is 46.4 Å². The molecule has 0 saturated carbocycles. The van der Waals surface area contributed by atoms with Crippen LogP contribution in [0.4, 0.5) is 0 Å². The molecule has 0 aliphatic carbocycles. The van der Waals surface area contributed by atoms with Crippen LogP contribution in [0.1, 0.15) is 26.2 Å². The maximum absolute atomic E-state index is 8.89. The molecule has 0 aliphatic heterocycles. The molecule has 12 heavy (non-hydrogen) atoms. The van der Waals surface area contributed by atoms with E-state index >= 15 is 0 Å². The molecule has 0 aromatic heterocycles. The average molecular weight is 180 g/mol. The Bertz CT molecular complexity index is 60.1. The second kappa shape index (κ2) is 13.4. The molecule has 0 bridgehead atoms. The van der Waals surface area contributed by atoms with Crippen molar-refractivity contribution in [2.24, 2.45) is 0 Å². The molecule has 1 unspecified atom stereocenters. The fourth-order valence-corrected chi connectivity index (χ4v) is 0.627. The molecule has 0 heterocycles. The van der Waals surface area contributed by atoms with E-state index in [1.807, 2.05) is 6.92 Å². The van der Waals surface area contributed by atoms with Crippen molar-refractivity contribution in [1.82, 2.24) is 0 Å². The van der Waals surface area contributed by atoms with Gasteiger partial charge in [0.1, 0.15) is 0 Å². The summed E-state index contributed by atoms with van der Waals surface area (Å²) in [7, 11) is 0. The maximum Gasteiger partial charge on any atom is 0.0662 e. The predicted octanol–water partition coefficient (Wildman–Crippen LogP) is -0.499. The Balaban J connectivity index is 0. The van der Waals surface area contributed by atoms with Gasteiger partial charge in [-0.1, -0.05) is 13.3 Å². The van der Waals surface area contributed by atoms with Crippen LogP contribution in [0.3, 0.4) is 0 Å². The van der Waals surface area contributed by atoms with E-state index in [0.29, 0.717) is 6.42 Å². The highest BCUT2D eigenvalue weighted by Gasteiger charge is 1.98. The number of rotatable bonds is 5. The number of aliphatic hydroxyl groups is 4. The minimum absolute atomic E-state index is 0.0984. The number of hydrogen-bond acceptors (Lipinski definition) is 4. The van der Waals surface area contributed by atoms with Gasteiger partial charge in [0.05, 0.1) is 19.3 Å². The van der Waals surface area contributed by atoms with Crippen LogP contribution in [-0.2, 0) is 0 Å². The summed E-state index contributed by atoms with van der Waals surface area (Å²) < 4.78 is 0. The van der Waals surface area contributed by atoms with Gasteiger partial charge in [0.2, 0.25) is 0 Å². The van der Waals surface area contributed by atoms with Crippen LogP contribution in [0.25, 0.3) is 0 Å². The second-order valence-corrected chi connectivity index (χ2v) is 2.40. The van der Waals surface area contributed by atoms with Crippen molar-refractivity contribution in [3.05, 3.63) is 0 Å². The Morgan fingerprint density at radius 1 is 0.917 bits per heavy atom. The molecular weight excluding hydrogens is 160 g/mol. The van der Waals surface area contributed by atoms with Crippen molar-refractivity contribution in [3.8, 4) is 0 Å². The van der Waals surface area contributed by atoms with Gasteiger partial charge in [0.15, 0.2) is 0 Å². The van der Waals surface area contributed by atoms with Crippen LogP contribution >= 0.6 is 0 Å². The Hall–Kier alpha value is -0.160. The first-order chi connectivity index (χ1) is 5.72. The predicted molar refractivity (Wildman–Crippen MR) is 46.8 cm³/mol. The van der Waals surface area contributed by atoms with E-state index in [9.17, 15) is 0 Å². The zero-order chi connectivity index (χ0) is 9.82. The van der Waals surface area contributed by atoms with E-state index in [2.05, 4.69) is 0 Å². The Labute approximate surface area is 73.5 Å². The molecule has 0 saturated heterocycles. The van der Waals surface area contributed by atoms with Gasteiger partial charge in [0, 0.05) is 6.61 Å². The molecule has 0 amide bonds. The largest absolute Gasteiger partial charge is 0.396 e. The molecule has 0 spiro atoms. The van der Waals surface area contributed by atoms with E-state index in [1.54, 1.807) is 0 Å². The summed E-state index contributed by atoms with van der Waals surface area (Å²) in [4.78, 5) is 0. The molecule has 0 fully saturated rings. The SMILES string of the molecule is CCCC(O)CCO.OCCO. The molecule has 0 aromatic carbocycles. The Morgan fingerprint density at radius 3 is 1.67 bits per heavy atom. The Kier molecular flexibility index (Phi) is 16.1. The van der Waals surface area contributed by atoms with Gasteiger partial charge < -0.3 is 20.4 Å². The van der Waals surface area contributed by atoms with Crippen molar-refractivity contribution in [3.63, 3.8) is 0 Å². The molecule has 4 nitrogen and oxygen atoms in total. The lowest BCUT2D eigenvalue weighted by Crippen LogP contribution is -2.07. The van der Waals surface area contributed by atoms with Crippen molar-refractivity contribution < 1.29 is 20.4 Å². The number of aliphatic hydroxyl groups excluding tert-OH is 4. The van der Waals surface area contributed by atoms with Gasteiger partial charge in [-0.3, -0.25) is 0 Å². The fraction of sp³-hybridized carbons (Fsp3) is 1.00. The van der Waals surface area contributed by atoms with Crippen molar-refractivity contribution >= 4 is 0 Å². The van der Waals surface area contributed by atoms with E-state index < -0.39 is 0 Å². The molecule has 0 aromatic rings. The summed E-state index contributed by atoms with van der Waals surface area (Å²) in [5.74, 6) is 0. The van der Waals surface area contributed by atoms with Crippen LogP contribution in [0, 0.1) is 0 Å². The zero-order valence-electron chi connectivity index (χ0n) is 7.61. The van der Waals surface area contributed by atoms with Crippen molar-refractivity contribution in [2.75, 3.05) is 19.8 Å². The first-order valence-electron chi connectivity index (χ1n) is 4.23. The third-order valence-corrected chi connectivity index (χ3v) is 1.18. The van der Waals surface area contributed by atoms with E-state index in [-0.39, 0.29) is 25.9 Å². The molecule has 0 aliphatic rings. The quantitative estimate of drug-likeness (QED) is 0.460. The normalized spacial score (nSPS) is 11.8.